The van der Waals surface area contributed by atoms with E-state index in [0.717, 1.165) is 32.5 Å². The minimum absolute atomic E-state index is 0.177. The highest BCUT2D eigenvalue weighted by Crippen LogP contribution is 2.28. The van der Waals surface area contributed by atoms with Crippen molar-refractivity contribution in [1.82, 2.24) is 4.90 Å². The molecule has 1 heterocycles. The lowest BCUT2D eigenvalue weighted by Gasteiger charge is -2.30. The molecule has 1 fully saturated rings. The van der Waals surface area contributed by atoms with Crippen LogP contribution in [0.25, 0.3) is 0 Å². The molecule has 0 aromatic heterocycles. The topological polar surface area (TPSA) is 29.5 Å². The third-order valence-corrected chi connectivity index (χ3v) is 4.26. The number of carbonyl (C=O) groups excluding carboxylic acids is 1. The first kappa shape index (κ1) is 15.5. The summed E-state index contributed by atoms with van der Waals surface area (Å²) in [5.41, 5.74) is 0. The van der Waals surface area contributed by atoms with E-state index in [1.54, 1.807) is 7.11 Å². The molecule has 18 heavy (non-hydrogen) atoms. The molecule has 3 unspecified atom stereocenters. The fraction of sp³-hybridized carbons (Fsp3) is 0.933. The van der Waals surface area contributed by atoms with E-state index in [4.69, 9.17) is 4.74 Å². The molecular formula is C15H29NO2. The van der Waals surface area contributed by atoms with Crippen LogP contribution in [0.4, 0.5) is 0 Å². The number of nitrogens with zero attached hydrogens (tertiary/aromatic N) is 1. The fourth-order valence-electron chi connectivity index (χ4n) is 3.05. The van der Waals surface area contributed by atoms with Gasteiger partial charge < -0.3 is 9.64 Å². The van der Waals surface area contributed by atoms with Crippen molar-refractivity contribution >= 4 is 5.91 Å². The number of hydrogen-bond donors (Lipinski definition) is 0. The Labute approximate surface area is 112 Å². The van der Waals surface area contributed by atoms with Crippen molar-refractivity contribution in [3.63, 3.8) is 0 Å². The molecule has 0 bridgehead atoms. The van der Waals surface area contributed by atoms with Gasteiger partial charge in [0.15, 0.2) is 0 Å². The molecule has 3 atom stereocenters. The number of methoxy groups -OCH3 is 1. The molecule has 0 aliphatic carbocycles. The molecule has 0 aromatic rings. The van der Waals surface area contributed by atoms with Crippen LogP contribution in [0.2, 0.25) is 0 Å². The van der Waals surface area contributed by atoms with Gasteiger partial charge in [-0.15, -0.1) is 0 Å². The van der Waals surface area contributed by atoms with Gasteiger partial charge in [0.1, 0.15) is 0 Å². The molecule has 1 rings (SSSR count). The summed E-state index contributed by atoms with van der Waals surface area (Å²) in [7, 11) is 1.74. The predicted octanol–water partition coefficient (Wildman–Crippen LogP) is 2.80. The van der Waals surface area contributed by atoms with Crippen molar-refractivity contribution in [2.24, 2.45) is 23.7 Å². The number of hydrogen-bond acceptors (Lipinski definition) is 2. The van der Waals surface area contributed by atoms with Crippen LogP contribution in [-0.4, -0.2) is 37.6 Å². The molecule has 0 aromatic carbocycles. The quantitative estimate of drug-likeness (QED) is 0.730. The van der Waals surface area contributed by atoms with Gasteiger partial charge in [0.2, 0.25) is 5.91 Å². The SMILES string of the molecule is CCC(C)C(C(=O)N1CCC(COC)C1)C(C)C. The van der Waals surface area contributed by atoms with Crippen molar-refractivity contribution in [1.29, 1.82) is 0 Å². The Hall–Kier alpha value is -0.570. The normalized spacial score (nSPS) is 23.4. The van der Waals surface area contributed by atoms with Gasteiger partial charge >= 0.3 is 0 Å². The molecule has 1 aliphatic heterocycles. The second-order valence-electron chi connectivity index (χ2n) is 6.05. The van der Waals surface area contributed by atoms with E-state index in [2.05, 4.69) is 32.6 Å². The Morgan fingerprint density at radius 2 is 2.06 bits per heavy atom. The van der Waals surface area contributed by atoms with Crippen molar-refractivity contribution in [3.8, 4) is 0 Å². The van der Waals surface area contributed by atoms with Crippen LogP contribution in [-0.2, 0) is 9.53 Å². The summed E-state index contributed by atoms with van der Waals surface area (Å²) >= 11 is 0. The highest BCUT2D eigenvalue weighted by molar-refractivity contribution is 5.79. The lowest BCUT2D eigenvalue weighted by Crippen LogP contribution is -2.39. The minimum Gasteiger partial charge on any atom is -0.384 e. The first-order valence-corrected chi connectivity index (χ1v) is 7.28. The molecular weight excluding hydrogens is 226 g/mol. The van der Waals surface area contributed by atoms with E-state index < -0.39 is 0 Å². The summed E-state index contributed by atoms with van der Waals surface area (Å²) in [4.78, 5) is 14.7. The van der Waals surface area contributed by atoms with Crippen molar-refractivity contribution in [2.45, 2.75) is 40.5 Å². The highest BCUT2D eigenvalue weighted by atomic mass is 16.5. The standard InChI is InChI=1S/C15H29NO2/c1-6-12(4)14(11(2)3)15(17)16-8-7-13(9-16)10-18-5/h11-14H,6-10H2,1-5H3. The maximum atomic E-state index is 12.6. The highest BCUT2D eigenvalue weighted by Gasteiger charge is 2.34. The van der Waals surface area contributed by atoms with Crippen LogP contribution in [0.15, 0.2) is 0 Å². The van der Waals surface area contributed by atoms with Crippen LogP contribution >= 0.6 is 0 Å². The number of amides is 1. The van der Waals surface area contributed by atoms with Crippen molar-refractivity contribution < 1.29 is 9.53 Å². The molecule has 106 valence electrons. The van der Waals surface area contributed by atoms with Gasteiger partial charge in [-0.25, -0.2) is 0 Å². The maximum Gasteiger partial charge on any atom is 0.226 e. The Morgan fingerprint density at radius 3 is 2.56 bits per heavy atom. The van der Waals surface area contributed by atoms with E-state index in [0.29, 0.717) is 23.7 Å². The van der Waals surface area contributed by atoms with Gasteiger partial charge in [0.25, 0.3) is 0 Å². The smallest absolute Gasteiger partial charge is 0.226 e. The molecule has 0 saturated carbocycles. The van der Waals surface area contributed by atoms with E-state index in [-0.39, 0.29) is 5.92 Å². The van der Waals surface area contributed by atoms with Crippen LogP contribution in [0, 0.1) is 23.7 Å². The molecule has 0 radical (unpaired) electrons. The molecule has 3 heteroatoms. The molecule has 1 saturated heterocycles. The fourth-order valence-corrected chi connectivity index (χ4v) is 3.05. The van der Waals surface area contributed by atoms with Gasteiger partial charge in [-0.05, 0) is 18.3 Å². The summed E-state index contributed by atoms with van der Waals surface area (Å²) in [5, 5.41) is 0. The molecule has 1 amide bonds. The Kier molecular flexibility index (Phi) is 6.13. The summed E-state index contributed by atoms with van der Waals surface area (Å²) < 4.78 is 5.19. The summed E-state index contributed by atoms with van der Waals surface area (Å²) in [6.07, 6.45) is 2.16. The largest absolute Gasteiger partial charge is 0.384 e. The average molecular weight is 255 g/mol. The first-order valence-electron chi connectivity index (χ1n) is 7.28. The zero-order valence-corrected chi connectivity index (χ0v) is 12.6. The van der Waals surface area contributed by atoms with E-state index in [1.165, 1.54) is 0 Å². The van der Waals surface area contributed by atoms with Gasteiger partial charge in [0, 0.05) is 32.0 Å². The second-order valence-corrected chi connectivity index (χ2v) is 6.05. The Bertz CT molecular complexity index is 265. The van der Waals surface area contributed by atoms with Gasteiger partial charge in [-0.3, -0.25) is 4.79 Å². The van der Waals surface area contributed by atoms with Crippen molar-refractivity contribution in [3.05, 3.63) is 0 Å². The molecule has 0 N–H and O–H groups in total. The zero-order chi connectivity index (χ0) is 13.7. The summed E-state index contributed by atoms with van der Waals surface area (Å²) in [6.45, 7) is 11.3. The van der Waals surface area contributed by atoms with Crippen LogP contribution in [0.3, 0.4) is 0 Å². The van der Waals surface area contributed by atoms with E-state index >= 15 is 0 Å². The van der Waals surface area contributed by atoms with Crippen molar-refractivity contribution in [2.75, 3.05) is 26.8 Å². The van der Waals surface area contributed by atoms with Gasteiger partial charge in [-0.1, -0.05) is 34.1 Å². The lowest BCUT2D eigenvalue weighted by molar-refractivity contribution is -0.138. The van der Waals surface area contributed by atoms with Crippen LogP contribution < -0.4 is 0 Å². The first-order chi connectivity index (χ1) is 8.51. The van der Waals surface area contributed by atoms with Crippen LogP contribution in [0.1, 0.15) is 40.5 Å². The molecule has 0 spiro atoms. The summed E-state index contributed by atoms with van der Waals surface area (Å²) in [5.74, 6) is 1.96. The predicted molar refractivity (Wildman–Crippen MR) is 74.3 cm³/mol. The number of likely N-dealkylation sites (tertiary alicyclic amines) is 1. The third-order valence-electron chi connectivity index (χ3n) is 4.26. The van der Waals surface area contributed by atoms with E-state index in [1.807, 2.05) is 0 Å². The Morgan fingerprint density at radius 1 is 1.39 bits per heavy atom. The lowest BCUT2D eigenvalue weighted by atomic mass is 9.82. The number of rotatable bonds is 6. The maximum absolute atomic E-state index is 12.6. The monoisotopic (exact) mass is 255 g/mol. The van der Waals surface area contributed by atoms with E-state index in [9.17, 15) is 4.79 Å². The number of carbonyl (C=O) groups is 1. The van der Waals surface area contributed by atoms with Crippen LogP contribution in [0.5, 0.6) is 0 Å². The van der Waals surface area contributed by atoms with Gasteiger partial charge in [-0.2, -0.15) is 0 Å². The third kappa shape index (κ3) is 3.71. The molecule has 3 nitrogen and oxygen atoms in total. The molecule has 1 aliphatic rings. The van der Waals surface area contributed by atoms with Gasteiger partial charge in [0.05, 0.1) is 6.61 Å². The summed E-state index contributed by atoms with van der Waals surface area (Å²) in [6, 6.07) is 0. The second kappa shape index (κ2) is 7.13. The zero-order valence-electron chi connectivity index (χ0n) is 12.6. The minimum atomic E-state index is 0.177. The number of ether oxygens (including phenoxy) is 1. The average Bonchev–Trinajstić information content (AvgIpc) is 2.77. The Balaban J connectivity index is 2.62.